The van der Waals surface area contributed by atoms with Gasteiger partial charge in [0.05, 0.1) is 5.69 Å². The summed E-state index contributed by atoms with van der Waals surface area (Å²) < 4.78 is 0. The van der Waals surface area contributed by atoms with Crippen molar-refractivity contribution in [1.82, 2.24) is 10.2 Å². The Balaban J connectivity index is 2.30. The quantitative estimate of drug-likeness (QED) is 0.597. The summed E-state index contributed by atoms with van der Waals surface area (Å²) in [5.41, 5.74) is 5.45. The van der Waals surface area contributed by atoms with E-state index in [0.29, 0.717) is 0 Å². The summed E-state index contributed by atoms with van der Waals surface area (Å²) in [6, 6.07) is 7.95. The third-order valence-corrected chi connectivity index (χ3v) is 2.79. The molecule has 1 heterocycles. The minimum absolute atomic E-state index is 0.127. The number of fused-ring (bicyclic) bond motifs is 3. The van der Waals surface area contributed by atoms with Crippen LogP contribution < -0.4 is 5.56 Å². The Hall–Kier alpha value is -1.90. The number of nitrogens with zero attached hydrogens (tertiary/aromatic N) is 1. The first-order valence-electron chi connectivity index (χ1n) is 4.92. The molecule has 0 atom stereocenters. The Labute approximate surface area is 86.8 Å². The molecule has 3 rings (SSSR count). The molecule has 0 bridgehead atoms. The van der Waals surface area contributed by atoms with Crippen molar-refractivity contribution in [3.8, 4) is 11.3 Å². The van der Waals surface area contributed by atoms with Crippen LogP contribution in [0.15, 0.2) is 29.1 Å². The Morgan fingerprint density at radius 3 is 3.00 bits per heavy atom. The smallest absolute Gasteiger partial charge is 0.264 e. The van der Waals surface area contributed by atoms with Crippen molar-refractivity contribution < 1.29 is 0 Å². The zero-order valence-electron chi connectivity index (χ0n) is 8.37. The highest BCUT2D eigenvalue weighted by atomic mass is 16.1. The van der Waals surface area contributed by atoms with Crippen molar-refractivity contribution in [1.29, 1.82) is 0 Å². The fraction of sp³-hybridized carbons (Fsp3) is 0.167. The first-order chi connectivity index (χ1) is 7.24. The summed E-state index contributed by atoms with van der Waals surface area (Å²) in [4.78, 5) is 11.1. The lowest BCUT2D eigenvalue weighted by Gasteiger charge is -1.99. The first kappa shape index (κ1) is 8.41. The highest BCUT2D eigenvalue weighted by molar-refractivity contribution is 5.73. The monoisotopic (exact) mass is 198 g/mol. The van der Waals surface area contributed by atoms with Crippen LogP contribution >= 0.6 is 0 Å². The zero-order valence-corrected chi connectivity index (χ0v) is 8.37. The molecule has 0 spiro atoms. The van der Waals surface area contributed by atoms with Crippen LogP contribution in [0.4, 0.5) is 0 Å². The second kappa shape index (κ2) is 2.79. The van der Waals surface area contributed by atoms with Gasteiger partial charge in [0.25, 0.3) is 5.56 Å². The van der Waals surface area contributed by atoms with Crippen LogP contribution in [-0.2, 0) is 6.42 Å². The maximum Gasteiger partial charge on any atom is 0.264 e. The second-order valence-corrected chi connectivity index (χ2v) is 3.94. The standard InChI is InChI=1S/C12H10N2O/c1-7-2-3-8-5-9-6-11(15)13-14-12(9)10(8)4-7/h2-4,6H,5H2,1H3,(H,13,15). The number of hydrogen-bond donors (Lipinski definition) is 1. The predicted octanol–water partition coefficient (Wildman–Crippen LogP) is 1.65. The maximum absolute atomic E-state index is 11.1. The molecule has 3 nitrogen and oxygen atoms in total. The normalized spacial score (nSPS) is 12.3. The lowest BCUT2D eigenvalue weighted by Crippen LogP contribution is -2.07. The van der Waals surface area contributed by atoms with Gasteiger partial charge in [-0.1, -0.05) is 17.7 Å². The highest BCUT2D eigenvalue weighted by Gasteiger charge is 2.19. The summed E-state index contributed by atoms with van der Waals surface area (Å²) in [5.74, 6) is 0. The van der Waals surface area contributed by atoms with Gasteiger partial charge >= 0.3 is 0 Å². The van der Waals surface area contributed by atoms with Crippen LogP contribution in [0.3, 0.4) is 0 Å². The van der Waals surface area contributed by atoms with E-state index in [2.05, 4.69) is 35.3 Å². The van der Waals surface area contributed by atoms with Crippen LogP contribution in [0.5, 0.6) is 0 Å². The van der Waals surface area contributed by atoms with Gasteiger partial charge in [-0.05, 0) is 24.1 Å². The van der Waals surface area contributed by atoms with Gasteiger partial charge in [-0.25, -0.2) is 5.10 Å². The Bertz CT molecular complexity index is 599. The summed E-state index contributed by atoms with van der Waals surface area (Å²) >= 11 is 0. The van der Waals surface area contributed by atoms with E-state index in [-0.39, 0.29) is 5.56 Å². The van der Waals surface area contributed by atoms with Crippen LogP contribution in [0, 0.1) is 6.92 Å². The number of aromatic nitrogens is 2. The lowest BCUT2D eigenvalue weighted by molar-refractivity contribution is 0.983. The molecule has 0 fully saturated rings. The van der Waals surface area contributed by atoms with Crippen molar-refractivity contribution in [2.24, 2.45) is 0 Å². The fourth-order valence-corrected chi connectivity index (χ4v) is 2.08. The van der Waals surface area contributed by atoms with E-state index >= 15 is 0 Å². The van der Waals surface area contributed by atoms with Crippen LogP contribution in [-0.4, -0.2) is 10.2 Å². The fourth-order valence-electron chi connectivity index (χ4n) is 2.08. The number of rotatable bonds is 0. The molecule has 1 aliphatic rings. The van der Waals surface area contributed by atoms with Crippen LogP contribution in [0.1, 0.15) is 16.7 Å². The molecule has 1 aliphatic carbocycles. The van der Waals surface area contributed by atoms with Crippen LogP contribution in [0.25, 0.3) is 11.3 Å². The van der Waals surface area contributed by atoms with E-state index in [1.165, 1.54) is 11.1 Å². The molecule has 0 radical (unpaired) electrons. The molecule has 0 amide bonds. The second-order valence-electron chi connectivity index (χ2n) is 3.94. The lowest BCUT2D eigenvalue weighted by atomic mass is 10.1. The average Bonchev–Trinajstić information content (AvgIpc) is 2.54. The van der Waals surface area contributed by atoms with Gasteiger partial charge in [-0.3, -0.25) is 4.79 Å². The Morgan fingerprint density at radius 1 is 1.27 bits per heavy atom. The zero-order chi connectivity index (χ0) is 10.4. The molecule has 0 saturated carbocycles. The van der Waals surface area contributed by atoms with Crippen molar-refractivity contribution in [2.45, 2.75) is 13.3 Å². The minimum Gasteiger partial charge on any atom is -0.268 e. The average molecular weight is 198 g/mol. The summed E-state index contributed by atoms with van der Waals surface area (Å²) in [6.07, 6.45) is 0.821. The summed E-state index contributed by atoms with van der Waals surface area (Å²) in [5, 5.41) is 6.59. The van der Waals surface area contributed by atoms with E-state index in [4.69, 9.17) is 0 Å². The van der Waals surface area contributed by atoms with Crippen LogP contribution in [0.2, 0.25) is 0 Å². The molecule has 3 heteroatoms. The number of aryl methyl sites for hydroxylation is 1. The van der Waals surface area contributed by atoms with Gasteiger partial charge in [0.15, 0.2) is 0 Å². The third-order valence-electron chi connectivity index (χ3n) is 2.79. The molecular weight excluding hydrogens is 188 g/mol. The minimum atomic E-state index is -0.127. The molecule has 2 aromatic rings. The topological polar surface area (TPSA) is 45.8 Å². The number of nitrogens with one attached hydrogen (secondary N) is 1. The summed E-state index contributed by atoms with van der Waals surface area (Å²) in [7, 11) is 0. The third kappa shape index (κ3) is 1.20. The molecular formula is C12H10N2O. The van der Waals surface area contributed by atoms with Crippen molar-refractivity contribution in [2.75, 3.05) is 0 Å². The number of aromatic amines is 1. The number of benzene rings is 1. The van der Waals surface area contributed by atoms with Gasteiger partial charge in [0.2, 0.25) is 0 Å². The first-order valence-corrected chi connectivity index (χ1v) is 4.92. The van der Waals surface area contributed by atoms with Crippen molar-refractivity contribution in [3.63, 3.8) is 0 Å². The summed E-state index contributed by atoms with van der Waals surface area (Å²) in [6.45, 7) is 2.06. The van der Waals surface area contributed by atoms with Gasteiger partial charge < -0.3 is 0 Å². The molecule has 74 valence electrons. The van der Waals surface area contributed by atoms with E-state index < -0.39 is 0 Å². The number of H-pyrrole nitrogens is 1. The Kier molecular flexibility index (Phi) is 1.57. The van der Waals surface area contributed by atoms with E-state index in [1.807, 2.05) is 0 Å². The van der Waals surface area contributed by atoms with Gasteiger partial charge in [0.1, 0.15) is 0 Å². The van der Waals surface area contributed by atoms with E-state index in [9.17, 15) is 4.79 Å². The molecule has 1 aromatic heterocycles. The van der Waals surface area contributed by atoms with Gasteiger partial charge in [-0.2, -0.15) is 5.10 Å². The van der Waals surface area contributed by atoms with E-state index in [0.717, 1.165) is 23.2 Å². The molecule has 1 N–H and O–H groups in total. The van der Waals surface area contributed by atoms with Gasteiger partial charge in [-0.15, -0.1) is 0 Å². The Morgan fingerprint density at radius 2 is 2.13 bits per heavy atom. The molecule has 0 aliphatic heterocycles. The van der Waals surface area contributed by atoms with Gasteiger partial charge in [0, 0.05) is 18.1 Å². The SMILES string of the molecule is Cc1ccc2c(c1)-c1n[nH]c(=O)cc1C2. The van der Waals surface area contributed by atoms with E-state index in [1.54, 1.807) is 6.07 Å². The van der Waals surface area contributed by atoms with Crippen molar-refractivity contribution in [3.05, 3.63) is 51.3 Å². The van der Waals surface area contributed by atoms with Crippen molar-refractivity contribution >= 4 is 0 Å². The molecule has 0 saturated heterocycles. The molecule has 1 aromatic carbocycles. The predicted molar refractivity (Wildman–Crippen MR) is 57.8 cm³/mol. The highest BCUT2D eigenvalue weighted by Crippen LogP contribution is 2.33. The number of hydrogen-bond acceptors (Lipinski definition) is 2. The molecule has 15 heavy (non-hydrogen) atoms. The maximum atomic E-state index is 11.1. The largest absolute Gasteiger partial charge is 0.268 e. The molecule has 0 unspecified atom stereocenters.